The van der Waals surface area contributed by atoms with Crippen molar-refractivity contribution < 1.29 is 29.4 Å². The van der Waals surface area contributed by atoms with Gasteiger partial charge in [0, 0.05) is 86.6 Å². The van der Waals surface area contributed by atoms with Gasteiger partial charge in [-0.1, -0.05) is 38.2 Å². The minimum atomic E-state index is -0.556. The van der Waals surface area contributed by atoms with E-state index in [2.05, 4.69) is 10.6 Å². The number of allylic oxidation sites excluding steroid dienone is 2. The number of hydrogen-bond acceptors (Lipinski definition) is 8. The molecule has 4 bridgehead atoms. The van der Waals surface area contributed by atoms with Crippen molar-refractivity contribution in [3.8, 4) is 0 Å². The van der Waals surface area contributed by atoms with Crippen molar-refractivity contribution in [3.05, 3.63) is 79.6 Å². The van der Waals surface area contributed by atoms with Gasteiger partial charge in [0.2, 0.25) is 23.6 Å². The zero-order chi connectivity index (χ0) is 41.4. The van der Waals surface area contributed by atoms with E-state index in [1.54, 1.807) is 57.1 Å². The highest BCUT2D eigenvalue weighted by molar-refractivity contribution is 5.85. The number of amides is 4. The molecule has 4 aliphatic heterocycles. The number of fused-ring (bicyclic) bond motifs is 8. The van der Waals surface area contributed by atoms with Crippen molar-refractivity contribution in [2.45, 2.75) is 103 Å². The maximum absolute atomic E-state index is 13.2. The Hall–Kier alpha value is -4.82. The van der Waals surface area contributed by atoms with Crippen LogP contribution in [-0.2, 0) is 32.3 Å². The number of aliphatic hydroxyl groups is 2. The third-order valence-corrected chi connectivity index (χ3v) is 13.1. The van der Waals surface area contributed by atoms with E-state index in [9.17, 15) is 39.0 Å². The average molecular weight is 799 g/mol. The highest BCUT2D eigenvalue weighted by atomic mass is 16.3. The number of hydrogen-bond donors (Lipinski definition) is 4. The van der Waals surface area contributed by atoms with Crippen LogP contribution in [0.25, 0.3) is 12.2 Å². The number of aromatic nitrogens is 2. The van der Waals surface area contributed by atoms with Crippen LogP contribution in [0.4, 0.5) is 0 Å². The van der Waals surface area contributed by atoms with Crippen LogP contribution in [0.1, 0.15) is 101 Å². The standard InChI is InChI=1S/2C22H29N3O4/c2*1-3-5-14-8-9-16-20-19(21(28)23-10-13-6-7-13)15(12-26)17(11-24(16)22(14)29)25(20)18(27)4-2/h2*3,5,8-9,13,15,17,19-20,26H,4,6-7,10-12H2,1-2H3,(H,23,28)/b5-3+;5-3-/t2*15-,17-,19+,20+/m11/s1. The minimum Gasteiger partial charge on any atom is -0.396 e. The number of pyridine rings is 2. The topological polar surface area (TPSA) is 183 Å². The van der Waals surface area contributed by atoms with Gasteiger partial charge in [-0.2, -0.15) is 0 Å². The predicted molar refractivity (Wildman–Crippen MR) is 218 cm³/mol. The highest BCUT2D eigenvalue weighted by Gasteiger charge is 2.58. The molecule has 4 N–H and O–H groups in total. The molecule has 4 fully saturated rings. The van der Waals surface area contributed by atoms with Gasteiger partial charge in [-0.25, -0.2) is 0 Å². The summed E-state index contributed by atoms with van der Waals surface area (Å²) >= 11 is 0. The third kappa shape index (κ3) is 7.49. The summed E-state index contributed by atoms with van der Waals surface area (Å²) in [6, 6.07) is 5.46. The first-order chi connectivity index (χ1) is 28.0. The van der Waals surface area contributed by atoms with E-state index in [1.807, 2.05) is 38.1 Å². The second-order valence-corrected chi connectivity index (χ2v) is 16.7. The summed E-state index contributed by atoms with van der Waals surface area (Å²) in [6.07, 6.45) is 12.3. The normalized spacial score (nSPS) is 27.9. The lowest BCUT2D eigenvalue weighted by Gasteiger charge is -2.38. The molecule has 4 amide bonds. The predicted octanol–water partition coefficient (Wildman–Crippen LogP) is 2.62. The van der Waals surface area contributed by atoms with E-state index >= 15 is 0 Å². The molecule has 2 saturated carbocycles. The van der Waals surface area contributed by atoms with Crippen LogP contribution in [0.15, 0.2) is 46.0 Å². The first kappa shape index (κ1) is 41.3. The first-order valence-electron chi connectivity index (χ1n) is 21.1. The maximum Gasteiger partial charge on any atom is 0.258 e. The molecule has 2 aliphatic carbocycles. The van der Waals surface area contributed by atoms with Crippen molar-refractivity contribution in [1.82, 2.24) is 29.6 Å². The Morgan fingerprint density at radius 2 is 1.03 bits per heavy atom. The molecule has 0 spiro atoms. The molecule has 0 unspecified atom stereocenters. The lowest BCUT2D eigenvalue weighted by molar-refractivity contribution is -0.137. The minimum absolute atomic E-state index is 0.0489. The van der Waals surface area contributed by atoms with Gasteiger partial charge in [-0.15, -0.1) is 0 Å². The van der Waals surface area contributed by atoms with Crippen LogP contribution < -0.4 is 21.8 Å². The molecular formula is C44H58N6O8. The molecule has 6 heterocycles. The molecule has 2 aromatic rings. The van der Waals surface area contributed by atoms with Gasteiger partial charge in [0.15, 0.2) is 0 Å². The monoisotopic (exact) mass is 798 g/mol. The molecule has 312 valence electrons. The van der Waals surface area contributed by atoms with Crippen molar-refractivity contribution >= 4 is 35.8 Å². The molecular weight excluding hydrogens is 741 g/mol. The zero-order valence-electron chi connectivity index (χ0n) is 34.0. The Balaban J connectivity index is 0.000000177. The summed E-state index contributed by atoms with van der Waals surface area (Å²) in [5.74, 6) is -1.16. The molecule has 2 aromatic heterocycles. The summed E-state index contributed by atoms with van der Waals surface area (Å²) in [7, 11) is 0. The van der Waals surface area contributed by atoms with Crippen LogP contribution >= 0.6 is 0 Å². The molecule has 6 aliphatic rings. The van der Waals surface area contributed by atoms with E-state index in [0.29, 0.717) is 73.4 Å². The van der Waals surface area contributed by atoms with Gasteiger partial charge in [0.05, 0.1) is 36.0 Å². The number of carbonyl (C=O) groups excluding carboxylic acids is 4. The summed E-state index contributed by atoms with van der Waals surface area (Å²) in [6.45, 7) is 8.82. The fraction of sp³-hybridized carbons (Fsp3) is 0.591. The van der Waals surface area contributed by atoms with E-state index in [0.717, 1.165) is 25.7 Å². The largest absolute Gasteiger partial charge is 0.396 e. The smallest absolute Gasteiger partial charge is 0.258 e. The van der Waals surface area contributed by atoms with Crippen molar-refractivity contribution in [3.63, 3.8) is 0 Å². The van der Waals surface area contributed by atoms with E-state index < -0.39 is 23.9 Å². The van der Waals surface area contributed by atoms with Crippen LogP contribution in [0, 0.1) is 35.5 Å². The van der Waals surface area contributed by atoms with Crippen molar-refractivity contribution in [1.29, 1.82) is 0 Å². The van der Waals surface area contributed by atoms with Crippen LogP contribution in [-0.4, -0.2) is 91.2 Å². The van der Waals surface area contributed by atoms with Crippen LogP contribution in [0.3, 0.4) is 0 Å². The second kappa shape index (κ2) is 17.2. The third-order valence-electron chi connectivity index (χ3n) is 13.1. The van der Waals surface area contributed by atoms with Crippen LogP contribution in [0.2, 0.25) is 0 Å². The van der Waals surface area contributed by atoms with E-state index in [-0.39, 0.29) is 71.9 Å². The number of rotatable bonds is 12. The zero-order valence-corrected chi connectivity index (χ0v) is 34.0. The molecule has 8 atom stereocenters. The summed E-state index contributed by atoms with van der Waals surface area (Å²) in [5.41, 5.74) is 2.31. The molecule has 8 rings (SSSR count). The Bertz CT molecular complexity index is 1950. The van der Waals surface area contributed by atoms with Gasteiger partial charge in [-0.3, -0.25) is 28.8 Å². The van der Waals surface area contributed by atoms with Gasteiger partial charge in [0.1, 0.15) is 0 Å². The molecule has 2 saturated heterocycles. The maximum atomic E-state index is 13.2. The van der Waals surface area contributed by atoms with Gasteiger partial charge >= 0.3 is 0 Å². The summed E-state index contributed by atoms with van der Waals surface area (Å²) < 4.78 is 3.39. The summed E-state index contributed by atoms with van der Waals surface area (Å²) in [5, 5.41) is 26.4. The number of nitrogens with zero attached hydrogens (tertiary/aromatic N) is 4. The SMILES string of the molecule is C/C=C/c1ccc2n(c1=O)C[C@@H]1[C@@H](CO)[C@H](C(=O)NCC3CC3)[C@H]2N1C(=O)CC.C/C=C\c1ccc2n(c1=O)C[C@@H]1[C@@H](CO)[C@H](C(=O)NCC3CC3)[C@H]2N1C(=O)CC. The quantitative estimate of drug-likeness (QED) is 0.253. The molecule has 58 heavy (non-hydrogen) atoms. The van der Waals surface area contributed by atoms with Gasteiger partial charge < -0.3 is 39.8 Å². The van der Waals surface area contributed by atoms with Crippen LogP contribution in [0.5, 0.6) is 0 Å². The Labute approximate surface area is 339 Å². The summed E-state index contributed by atoms with van der Waals surface area (Å²) in [4.78, 5) is 81.5. The van der Waals surface area contributed by atoms with Gasteiger partial charge in [0.25, 0.3) is 11.1 Å². The highest BCUT2D eigenvalue weighted by Crippen LogP contribution is 2.50. The van der Waals surface area contributed by atoms with E-state index in [4.69, 9.17) is 0 Å². The number of aliphatic hydroxyl groups excluding tert-OH is 2. The fourth-order valence-corrected chi connectivity index (χ4v) is 9.88. The lowest BCUT2D eigenvalue weighted by atomic mass is 9.86. The van der Waals surface area contributed by atoms with E-state index in [1.165, 1.54) is 0 Å². The lowest BCUT2D eigenvalue weighted by Crippen LogP contribution is -2.49. The molecule has 14 heteroatoms. The average Bonchev–Trinajstić information content (AvgIpc) is 4.17. The number of nitrogens with one attached hydrogen (secondary N) is 2. The molecule has 14 nitrogen and oxygen atoms in total. The van der Waals surface area contributed by atoms with Crippen molar-refractivity contribution in [2.24, 2.45) is 35.5 Å². The Morgan fingerprint density at radius 3 is 1.34 bits per heavy atom. The second-order valence-electron chi connectivity index (χ2n) is 16.7. The Kier molecular flexibility index (Phi) is 12.3. The Morgan fingerprint density at radius 1 is 0.655 bits per heavy atom. The van der Waals surface area contributed by atoms with Gasteiger partial charge in [-0.05, 0) is 75.6 Å². The molecule has 0 radical (unpaired) electrons. The first-order valence-corrected chi connectivity index (χ1v) is 21.1. The molecule has 0 aromatic carbocycles. The fourth-order valence-electron chi connectivity index (χ4n) is 9.88. The van der Waals surface area contributed by atoms with Crippen molar-refractivity contribution in [2.75, 3.05) is 26.3 Å². The number of carbonyl (C=O) groups is 4.